The number of rotatable bonds is 7. The highest BCUT2D eigenvalue weighted by Crippen LogP contribution is 2.37. The Hall–Kier alpha value is -3.57. The maximum absolute atomic E-state index is 15.5. The van der Waals surface area contributed by atoms with Crippen molar-refractivity contribution in [1.29, 1.82) is 0 Å². The Labute approximate surface area is 213 Å². The van der Waals surface area contributed by atoms with Crippen molar-refractivity contribution in [2.45, 2.75) is 31.5 Å². The van der Waals surface area contributed by atoms with Gasteiger partial charge in [-0.05, 0) is 37.1 Å². The number of morpholine rings is 1. The second-order valence-corrected chi connectivity index (χ2v) is 9.37. The quantitative estimate of drug-likeness (QED) is 0.385. The minimum atomic E-state index is -0.764. The van der Waals surface area contributed by atoms with Crippen LogP contribution < -0.4 is 20.9 Å². The molecule has 11 heteroatoms. The molecule has 1 amide bonds. The zero-order valence-corrected chi connectivity index (χ0v) is 20.4. The number of ether oxygens (including phenoxy) is 1. The lowest BCUT2D eigenvalue weighted by Crippen LogP contribution is -2.44. The predicted molar refractivity (Wildman–Crippen MR) is 136 cm³/mol. The summed E-state index contributed by atoms with van der Waals surface area (Å²) >= 11 is 0. The van der Waals surface area contributed by atoms with Crippen LogP contribution in [-0.4, -0.2) is 67.5 Å². The number of hydrogen-bond acceptors (Lipinski definition) is 8. The van der Waals surface area contributed by atoms with E-state index < -0.39 is 17.7 Å². The molecule has 0 radical (unpaired) electrons. The molecule has 4 heterocycles. The largest absolute Gasteiger partial charge is 0.378 e. The first kappa shape index (κ1) is 25.1. The van der Waals surface area contributed by atoms with Gasteiger partial charge in [-0.3, -0.25) is 10.1 Å². The molecule has 3 aliphatic rings. The van der Waals surface area contributed by atoms with Crippen LogP contribution in [0.3, 0.4) is 0 Å². The Kier molecular flexibility index (Phi) is 7.33. The number of benzene rings is 1. The Morgan fingerprint density at radius 2 is 2.03 bits per heavy atom. The third-order valence-corrected chi connectivity index (χ3v) is 7.05. The van der Waals surface area contributed by atoms with E-state index in [0.29, 0.717) is 56.8 Å². The van der Waals surface area contributed by atoms with Crippen LogP contribution in [0.25, 0.3) is 0 Å². The summed E-state index contributed by atoms with van der Waals surface area (Å²) in [7, 11) is 0. The van der Waals surface area contributed by atoms with Crippen LogP contribution in [0.2, 0.25) is 0 Å². The molecule has 2 aromatic rings. The van der Waals surface area contributed by atoms with Crippen molar-refractivity contribution < 1.29 is 23.1 Å². The second-order valence-electron chi connectivity index (χ2n) is 9.37. The molecule has 9 nitrogen and oxygen atoms in total. The summed E-state index contributed by atoms with van der Waals surface area (Å²) in [6, 6.07) is 3.88. The highest BCUT2D eigenvalue weighted by Gasteiger charge is 2.32. The first-order chi connectivity index (χ1) is 18.0. The number of pyridine rings is 1. The monoisotopic (exact) mass is 512 g/mol. The highest BCUT2D eigenvalue weighted by atomic mass is 19.1. The van der Waals surface area contributed by atoms with Crippen LogP contribution in [-0.2, 0) is 20.9 Å². The Bertz CT molecular complexity index is 1200. The topological polar surface area (TPSA) is 98.8 Å². The molecule has 2 saturated heterocycles. The Morgan fingerprint density at radius 1 is 1.22 bits per heavy atom. The number of fused-ring (bicyclic) bond motifs is 1. The van der Waals surface area contributed by atoms with Crippen LogP contribution in [0, 0.1) is 11.6 Å². The van der Waals surface area contributed by atoms with Gasteiger partial charge in [-0.25, -0.2) is 13.8 Å². The zero-order chi connectivity index (χ0) is 25.9. The van der Waals surface area contributed by atoms with Crippen LogP contribution in [0.5, 0.6) is 0 Å². The van der Waals surface area contributed by atoms with E-state index in [4.69, 9.17) is 4.74 Å². The lowest BCUT2D eigenvalue weighted by Gasteiger charge is -2.33. The number of amides is 1. The molecule has 1 aromatic heterocycles. The van der Waals surface area contributed by atoms with E-state index in [1.807, 2.05) is 11.0 Å². The minimum absolute atomic E-state index is 0.00199. The molecule has 196 valence electrons. The van der Waals surface area contributed by atoms with Gasteiger partial charge in [0.05, 0.1) is 24.9 Å². The van der Waals surface area contributed by atoms with Gasteiger partial charge in [-0.15, -0.1) is 0 Å². The maximum atomic E-state index is 15.5. The fraction of sp³-hybridized carbons (Fsp3) is 0.423. The summed E-state index contributed by atoms with van der Waals surface area (Å²) in [5.41, 5.74) is 1.58. The number of piperidine rings is 1. The summed E-state index contributed by atoms with van der Waals surface area (Å²) in [5, 5.41) is 9.10. The van der Waals surface area contributed by atoms with E-state index in [9.17, 15) is 9.59 Å². The first-order valence-corrected chi connectivity index (χ1v) is 12.5. The van der Waals surface area contributed by atoms with Crippen LogP contribution >= 0.6 is 0 Å². The van der Waals surface area contributed by atoms with Gasteiger partial charge in [0.2, 0.25) is 5.91 Å². The van der Waals surface area contributed by atoms with E-state index >= 15 is 8.78 Å². The molecule has 0 bridgehead atoms. The molecule has 37 heavy (non-hydrogen) atoms. The van der Waals surface area contributed by atoms with Crippen LogP contribution in [0.4, 0.5) is 31.8 Å². The third-order valence-electron chi connectivity index (χ3n) is 7.05. The third kappa shape index (κ3) is 5.14. The number of nitrogens with zero attached hydrogens (tertiary/aromatic N) is 3. The summed E-state index contributed by atoms with van der Waals surface area (Å²) in [6.45, 7) is 7.21. The number of carbonyl (C=O) groups excluding carboxylic acids is 2. The number of nitrogens with one attached hydrogen (secondary N) is 3. The van der Waals surface area contributed by atoms with Crippen molar-refractivity contribution in [1.82, 2.24) is 15.2 Å². The average molecular weight is 513 g/mol. The SMILES string of the molecule is C=CC(=O)N1CCCC(Nc2nc(Nc3ccc(N4CCOCC4)cc3F)c3c(c2F)CNC3C=O)C1. The van der Waals surface area contributed by atoms with Crippen molar-refractivity contribution in [2.24, 2.45) is 0 Å². The average Bonchev–Trinajstić information content (AvgIpc) is 3.37. The molecule has 3 aliphatic heterocycles. The van der Waals surface area contributed by atoms with Gasteiger partial charge in [0.1, 0.15) is 17.9 Å². The number of likely N-dealkylation sites (tertiary alicyclic amines) is 1. The van der Waals surface area contributed by atoms with Crippen molar-refractivity contribution in [3.05, 3.63) is 53.6 Å². The van der Waals surface area contributed by atoms with Crippen LogP contribution in [0.1, 0.15) is 30.0 Å². The molecule has 0 aliphatic carbocycles. The Morgan fingerprint density at radius 3 is 2.76 bits per heavy atom. The van der Waals surface area contributed by atoms with Gasteiger partial charge in [0.25, 0.3) is 0 Å². The molecule has 0 saturated carbocycles. The van der Waals surface area contributed by atoms with E-state index in [1.165, 1.54) is 12.1 Å². The molecule has 2 unspecified atom stereocenters. The van der Waals surface area contributed by atoms with Gasteiger partial charge in [-0.2, -0.15) is 0 Å². The Balaban J connectivity index is 1.43. The van der Waals surface area contributed by atoms with Crippen LogP contribution in [0.15, 0.2) is 30.9 Å². The summed E-state index contributed by atoms with van der Waals surface area (Å²) in [6.07, 6.45) is 3.44. The number of carbonyl (C=O) groups is 2. The molecule has 5 rings (SSSR count). The number of anilines is 4. The molecular weight excluding hydrogens is 482 g/mol. The fourth-order valence-corrected chi connectivity index (χ4v) is 5.12. The number of halogens is 2. The summed E-state index contributed by atoms with van der Waals surface area (Å²) < 4.78 is 36.0. The molecule has 2 atom stereocenters. The lowest BCUT2D eigenvalue weighted by atomic mass is 10.0. The molecule has 3 N–H and O–H groups in total. The van der Waals surface area contributed by atoms with Gasteiger partial charge >= 0.3 is 0 Å². The van der Waals surface area contributed by atoms with Gasteiger partial charge in [0, 0.05) is 55.6 Å². The normalized spacial score (nSPS) is 21.4. The van der Waals surface area contributed by atoms with E-state index in [-0.39, 0.29) is 35.8 Å². The summed E-state index contributed by atoms with van der Waals surface area (Å²) in [5.74, 6) is -1.03. The zero-order valence-electron chi connectivity index (χ0n) is 20.4. The molecule has 0 spiro atoms. The van der Waals surface area contributed by atoms with Crippen molar-refractivity contribution in [2.75, 3.05) is 54.9 Å². The maximum Gasteiger partial charge on any atom is 0.246 e. The van der Waals surface area contributed by atoms with Gasteiger partial charge in [0.15, 0.2) is 11.6 Å². The standard InChI is InChI=1S/C26H30F2N6O3/c1-2-22(36)34-7-3-4-16(14-34)30-26-24(28)18-13-29-21(15-35)23(18)25(32-26)31-20-6-5-17(12-19(20)27)33-8-10-37-11-9-33/h2,5-6,12,15-16,21,29H,1,3-4,7-11,13-14H2,(H2,30,31,32). The summed E-state index contributed by atoms with van der Waals surface area (Å²) in [4.78, 5) is 31.9. The molecule has 2 fully saturated rings. The fourth-order valence-electron chi connectivity index (χ4n) is 5.12. The first-order valence-electron chi connectivity index (χ1n) is 12.5. The molecule has 1 aromatic carbocycles. The van der Waals surface area contributed by atoms with Crippen molar-refractivity contribution in [3.63, 3.8) is 0 Å². The van der Waals surface area contributed by atoms with E-state index in [1.54, 1.807) is 11.0 Å². The minimum Gasteiger partial charge on any atom is -0.378 e. The smallest absolute Gasteiger partial charge is 0.246 e. The predicted octanol–water partition coefficient (Wildman–Crippen LogP) is 2.87. The van der Waals surface area contributed by atoms with Crippen molar-refractivity contribution >= 4 is 35.2 Å². The highest BCUT2D eigenvalue weighted by molar-refractivity contribution is 5.87. The second kappa shape index (κ2) is 10.8. The van der Waals surface area contributed by atoms with Gasteiger partial charge < -0.3 is 30.0 Å². The number of aldehydes is 1. The lowest BCUT2D eigenvalue weighted by molar-refractivity contribution is -0.127. The van der Waals surface area contributed by atoms with Gasteiger partial charge in [-0.1, -0.05) is 6.58 Å². The van der Waals surface area contributed by atoms with Crippen molar-refractivity contribution in [3.8, 4) is 0 Å². The van der Waals surface area contributed by atoms with E-state index in [0.717, 1.165) is 18.5 Å². The van der Waals surface area contributed by atoms with E-state index in [2.05, 4.69) is 27.5 Å². The molecular formula is C26H30F2N6O3. The number of aromatic nitrogens is 1. The number of hydrogen-bond donors (Lipinski definition) is 3.